The van der Waals surface area contributed by atoms with Crippen molar-refractivity contribution in [2.24, 2.45) is 5.73 Å². The summed E-state index contributed by atoms with van der Waals surface area (Å²) in [5.74, 6) is -3.75. The SMILES string of the molecule is CC(O)C(NC(=O)C(N)CO)C(=O)NCC(=O)NC(Cc1c[nH]c2ccccc12)C(=O)O. The third kappa shape index (κ3) is 6.51. The Hall–Kier alpha value is -3.48. The van der Waals surface area contributed by atoms with Crippen molar-refractivity contribution in [1.82, 2.24) is 20.9 Å². The Balaban J connectivity index is 1.95. The van der Waals surface area contributed by atoms with E-state index in [0.717, 1.165) is 10.9 Å². The average molecular weight is 449 g/mol. The van der Waals surface area contributed by atoms with Crippen LogP contribution in [0, 0.1) is 0 Å². The summed E-state index contributed by atoms with van der Waals surface area (Å²) in [4.78, 5) is 50.9. The maximum Gasteiger partial charge on any atom is 0.326 e. The molecule has 9 N–H and O–H groups in total. The molecule has 2 aromatic rings. The van der Waals surface area contributed by atoms with Gasteiger partial charge in [-0.1, -0.05) is 18.2 Å². The van der Waals surface area contributed by atoms with E-state index in [-0.39, 0.29) is 6.42 Å². The van der Waals surface area contributed by atoms with E-state index >= 15 is 0 Å². The van der Waals surface area contributed by atoms with Crippen molar-refractivity contribution in [2.75, 3.05) is 13.2 Å². The quantitative estimate of drug-likeness (QED) is 0.185. The van der Waals surface area contributed by atoms with E-state index < -0.39 is 61.1 Å². The van der Waals surface area contributed by atoms with Gasteiger partial charge < -0.3 is 42.0 Å². The van der Waals surface area contributed by atoms with Crippen LogP contribution in [0.25, 0.3) is 10.9 Å². The van der Waals surface area contributed by atoms with Gasteiger partial charge in [0.05, 0.1) is 19.3 Å². The molecule has 2 rings (SSSR count). The fourth-order valence-electron chi connectivity index (χ4n) is 2.99. The molecule has 0 saturated heterocycles. The molecule has 0 bridgehead atoms. The van der Waals surface area contributed by atoms with Crippen LogP contribution in [0.4, 0.5) is 0 Å². The number of carbonyl (C=O) groups excluding carboxylic acids is 3. The standard InChI is InChI=1S/C20H27N5O7/c1-10(27)17(25-18(29)13(21)9-26)19(30)23-8-16(28)24-15(20(31)32)6-11-7-22-14-5-3-2-4-12(11)14/h2-5,7,10,13,15,17,22,26-27H,6,8-9,21H2,1H3,(H,23,30)(H,24,28)(H,25,29)(H,31,32). The third-order valence-corrected chi connectivity index (χ3v) is 4.75. The number of aliphatic carboxylic acids is 1. The minimum absolute atomic E-state index is 0.0183. The second-order valence-electron chi connectivity index (χ2n) is 7.26. The summed E-state index contributed by atoms with van der Waals surface area (Å²) >= 11 is 0. The first-order valence-electron chi connectivity index (χ1n) is 9.83. The number of aliphatic hydroxyl groups excluding tert-OH is 2. The third-order valence-electron chi connectivity index (χ3n) is 4.75. The van der Waals surface area contributed by atoms with Crippen LogP contribution in [-0.2, 0) is 25.6 Å². The van der Waals surface area contributed by atoms with Gasteiger partial charge in [0.2, 0.25) is 17.7 Å². The molecule has 0 fully saturated rings. The van der Waals surface area contributed by atoms with Crippen molar-refractivity contribution in [2.45, 2.75) is 37.6 Å². The number of H-pyrrole nitrogens is 1. The zero-order valence-corrected chi connectivity index (χ0v) is 17.4. The molecule has 12 heteroatoms. The predicted octanol–water partition coefficient (Wildman–Crippen LogP) is -2.42. The number of aromatic nitrogens is 1. The number of nitrogens with two attached hydrogens (primary N) is 1. The number of carbonyl (C=O) groups is 4. The predicted molar refractivity (Wildman–Crippen MR) is 113 cm³/mol. The minimum atomic E-state index is -1.42. The molecule has 32 heavy (non-hydrogen) atoms. The van der Waals surface area contributed by atoms with Gasteiger partial charge in [-0.2, -0.15) is 0 Å². The number of para-hydroxylation sites is 1. The van der Waals surface area contributed by atoms with Gasteiger partial charge in [-0.05, 0) is 18.6 Å². The van der Waals surface area contributed by atoms with Gasteiger partial charge in [-0.15, -0.1) is 0 Å². The molecule has 0 aliphatic rings. The van der Waals surface area contributed by atoms with Gasteiger partial charge in [0, 0.05) is 23.5 Å². The van der Waals surface area contributed by atoms with Crippen LogP contribution in [0.5, 0.6) is 0 Å². The van der Waals surface area contributed by atoms with Crippen molar-refractivity contribution in [3.05, 3.63) is 36.0 Å². The van der Waals surface area contributed by atoms with E-state index in [2.05, 4.69) is 20.9 Å². The van der Waals surface area contributed by atoms with Crippen molar-refractivity contribution in [3.63, 3.8) is 0 Å². The molecule has 0 aliphatic carbocycles. The Morgan fingerprint density at radius 2 is 1.81 bits per heavy atom. The molecule has 4 atom stereocenters. The Morgan fingerprint density at radius 1 is 1.12 bits per heavy atom. The number of fused-ring (bicyclic) bond motifs is 1. The molecule has 3 amide bonds. The Labute approximate surface area is 183 Å². The van der Waals surface area contributed by atoms with Gasteiger partial charge in [-0.3, -0.25) is 14.4 Å². The van der Waals surface area contributed by atoms with E-state index in [1.54, 1.807) is 6.20 Å². The first kappa shape index (κ1) is 24.8. The second kappa shape index (κ2) is 11.2. The lowest BCUT2D eigenvalue weighted by Crippen LogP contribution is -2.57. The van der Waals surface area contributed by atoms with Crippen LogP contribution < -0.4 is 21.7 Å². The van der Waals surface area contributed by atoms with Crippen LogP contribution in [0.15, 0.2) is 30.5 Å². The molecular weight excluding hydrogens is 422 g/mol. The topological polar surface area (TPSA) is 207 Å². The second-order valence-corrected chi connectivity index (χ2v) is 7.26. The number of nitrogens with one attached hydrogen (secondary N) is 4. The summed E-state index contributed by atoms with van der Waals surface area (Å²) in [6.45, 7) is 0.00770. The minimum Gasteiger partial charge on any atom is -0.480 e. The van der Waals surface area contributed by atoms with Crippen molar-refractivity contribution >= 4 is 34.6 Å². The van der Waals surface area contributed by atoms with E-state index in [4.69, 9.17) is 10.8 Å². The summed E-state index contributed by atoms with van der Waals surface area (Å²) < 4.78 is 0. The van der Waals surface area contributed by atoms with E-state index in [1.807, 2.05) is 24.3 Å². The molecular formula is C20H27N5O7. The maximum absolute atomic E-state index is 12.3. The highest BCUT2D eigenvalue weighted by Crippen LogP contribution is 2.19. The molecule has 1 aromatic heterocycles. The summed E-state index contributed by atoms with van der Waals surface area (Å²) in [6.07, 6.45) is 0.368. The molecule has 1 aromatic carbocycles. The lowest BCUT2D eigenvalue weighted by molar-refractivity contribution is -0.141. The fourth-order valence-corrected chi connectivity index (χ4v) is 2.99. The zero-order chi connectivity index (χ0) is 23.8. The van der Waals surface area contributed by atoms with Crippen LogP contribution in [0.1, 0.15) is 12.5 Å². The number of benzene rings is 1. The number of amides is 3. The summed E-state index contributed by atoms with van der Waals surface area (Å²) in [7, 11) is 0. The lowest BCUT2D eigenvalue weighted by atomic mass is 10.0. The molecule has 12 nitrogen and oxygen atoms in total. The molecule has 4 unspecified atom stereocenters. The molecule has 0 radical (unpaired) electrons. The Bertz CT molecular complexity index is 974. The maximum atomic E-state index is 12.3. The van der Waals surface area contributed by atoms with E-state index in [9.17, 15) is 29.4 Å². The molecule has 1 heterocycles. The first-order chi connectivity index (χ1) is 15.1. The van der Waals surface area contributed by atoms with Gasteiger partial charge >= 0.3 is 5.97 Å². The molecule has 0 spiro atoms. The lowest BCUT2D eigenvalue weighted by Gasteiger charge is -2.22. The monoisotopic (exact) mass is 449 g/mol. The van der Waals surface area contributed by atoms with E-state index in [0.29, 0.717) is 5.56 Å². The average Bonchev–Trinajstić information content (AvgIpc) is 3.17. The number of hydrogen-bond acceptors (Lipinski definition) is 7. The summed E-state index contributed by atoms with van der Waals surface area (Å²) in [6, 6.07) is 3.37. The number of rotatable bonds is 11. The van der Waals surface area contributed by atoms with Gasteiger partial charge in [0.15, 0.2) is 0 Å². The van der Waals surface area contributed by atoms with Gasteiger partial charge in [0.1, 0.15) is 18.1 Å². The number of hydrogen-bond donors (Lipinski definition) is 8. The summed E-state index contributed by atoms with van der Waals surface area (Å²) in [5.41, 5.74) is 6.90. The van der Waals surface area contributed by atoms with Crippen molar-refractivity contribution in [1.29, 1.82) is 0 Å². The normalized spacial score (nSPS) is 14.8. The van der Waals surface area contributed by atoms with Gasteiger partial charge in [0.25, 0.3) is 0 Å². The zero-order valence-electron chi connectivity index (χ0n) is 17.4. The van der Waals surface area contributed by atoms with Crippen molar-refractivity contribution < 1.29 is 34.5 Å². The first-order valence-corrected chi connectivity index (χ1v) is 9.83. The molecule has 174 valence electrons. The highest BCUT2D eigenvalue weighted by Gasteiger charge is 2.28. The number of aromatic amines is 1. The van der Waals surface area contributed by atoms with Crippen molar-refractivity contribution in [3.8, 4) is 0 Å². The largest absolute Gasteiger partial charge is 0.480 e. The molecule has 0 aliphatic heterocycles. The van der Waals surface area contributed by atoms with Gasteiger partial charge in [-0.25, -0.2) is 4.79 Å². The van der Waals surface area contributed by atoms with Crippen LogP contribution in [0.2, 0.25) is 0 Å². The number of carboxylic acids is 1. The van der Waals surface area contributed by atoms with Crippen LogP contribution in [-0.4, -0.2) is 81.4 Å². The molecule has 0 saturated carbocycles. The van der Waals surface area contributed by atoms with E-state index in [1.165, 1.54) is 6.92 Å². The highest BCUT2D eigenvalue weighted by atomic mass is 16.4. The fraction of sp³-hybridized carbons (Fsp3) is 0.400. The highest BCUT2D eigenvalue weighted by molar-refractivity contribution is 5.93. The summed E-state index contributed by atoms with van der Waals surface area (Å²) in [5, 5.41) is 35.7. The smallest absolute Gasteiger partial charge is 0.326 e. The Kier molecular flexibility index (Phi) is 8.70. The van der Waals surface area contributed by atoms with Crippen LogP contribution >= 0.6 is 0 Å². The number of carboxylic acid groups (broad SMARTS) is 1. The Morgan fingerprint density at radius 3 is 2.44 bits per heavy atom. The number of aliphatic hydroxyl groups is 2. The van der Waals surface area contributed by atoms with Crippen LogP contribution in [0.3, 0.4) is 0 Å².